The first-order valence-corrected chi connectivity index (χ1v) is 10.7. The van der Waals surface area contributed by atoms with Crippen molar-refractivity contribution in [2.24, 2.45) is 0 Å². The van der Waals surface area contributed by atoms with Gasteiger partial charge in [-0.2, -0.15) is 0 Å². The maximum atomic E-state index is 13.4. The van der Waals surface area contributed by atoms with Crippen molar-refractivity contribution in [3.8, 4) is 5.75 Å². The quantitative estimate of drug-likeness (QED) is 0.879. The zero-order valence-electron chi connectivity index (χ0n) is 15.6. The van der Waals surface area contributed by atoms with E-state index in [0.717, 1.165) is 11.1 Å². The monoisotopic (exact) mass is 385 g/mol. The van der Waals surface area contributed by atoms with Gasteiger partial charge in [0.1, 0.15) is 5.75 Å². The van der Waals surface area contributed by atoms with Gasteiger partial charge in [0, 0.05) is 12.3 Å². The minimum Gasteiger partial charge on any atom is -0.468 e. The summed E-state index contributed by atoms with van der Waals surface area (Å²) in [5.41, 5.74) is 0.951. The number of benzene rings is 2. The maximum Gasteiger partial charge on any atom is 0.242 e. The normalized spacial score (nSPS) is 26.9. The minimum absolute atomic E-state index is 0.180. The first kappa shape index (κ1) is 18.0. The number of para-hydroxylation sites is 1. The summed E-state index contributed by atoms with van der Waals surface area (Å²) in [6.45, 7) is 5.89. The molecule has 0 saturated carbocycles. The molecular weight excluding hydrogens is 362 g/mol. The Morgan fingerprint density at radius 1 is 1.11 bits per heavy atom. The largest absolute Gasteiger partial charge is 0.468 e. The number of fused-ring (bicyclic) bond motifs is 4. The highest BCUT2D eigenvalue weighted by Crippen LogP contribution is 2.47. The van der Waals surface area contributed by atoms with Gasteiger partial charge in [-0.1, -0.05) is 44.2 Å². The number of carbonyl (C=O) groups excluding carboxylic acids is 1. The molecule has 1 saturated heterocycles. The van der Waals surface area contributed by atoms with E-state index in [2.05, 4.69) is 19.2 Å². The molecule has 0 spiro atoms. The van der Waals surface area contributed by atoms with Crippen LogP contribution in [-0.2, 0) is 14.6 Å². The predicted octanol–water partition coefficient (Wildman–Crippen LogP) is 3.36. The van der Waals surface area contributed by atoms with Crippen LogP contribution in [0, 0.1) is 0 Å². The van der Waals surface area contributed by atoms with Crippen molar-refractivity contribution in [3.05, 3.63) is 59.7 Å². The lowest BCUT2D eigenvalue weighted by molar-refractivity contribution is -0.132. The molecule has 4 rings (SSSR count). The van der Waals surface area contributed by atoms with Crippen LogP contribution in [0.25, 0.3) is 0 Å². The van der Waals surface area contributed by atoms with Gasteiger partial charge in [-0.15, -0.1) is 0 Å². The summed E-state index contributed by atoms with van der Waals surface area (Å²) in [5.74, 6) is -0.00548. The van der Waals surface area contributed by atoms with Crippen LogP contribution in [0.1, 0.15) is 50.2 Å². The number of hydrogen-bond donors (Lipinski definition) is 1. The number of hydrogen-bond acceptors (Lipinski definition) is 4. The van der Waals surface area contributed by atoms with Crippen molar-refractivity contribution in [2.75, 3.05) is 0 Å². The molecule has 0 aromatic heterocycles. The molecule has 2 aliphatic heterocycles. The van der Waals surface area contributed by atoms with E-state index >= 15 is 0 Å². The lowest BCUT2D eigenvalue weighted by Crippen LogP contribution is -2.63. The Labute approximate surface area is 159 Å². The van der Waals surface area contributed by atoms with Crippen molar-refractivity contribution < 1.29 is 17.9 Å². The van der Waals surface area contributed by atoms with E-state index in [1.54, 1.807) is 19.1 Å². The van der Waals surface area contributed by atoms with Crippen LogP contribution in [0.3, 0.4) is 0 Å². The van der Waals surface area contributed by atoms with Crippen molar-refractivity contribution in [1.29, 1.82) is 0 Å². The number of ether oxygens (including phenoxy) is 1. The molecule has 6 heteroatoms. The Hall–Kier alpha value is -2.34. The van der Waals surface area contributed by atoms with Gasteiger partial charge in [-0.3, -0.25) is 4.79 Å². The lowest BCUT2D eigenvalue weighted by atomic mass is 9.81. The summed E-state index contributed by atoms with van der Waals surface area (Å²) in [5, 5.41) is 1.61. The minimum atomic E-state index is -3.84. The second-order valence-electron chi connectivity index (χ2n) is 7.86. The van der Waals surface area contributed by atoms with Crippen LogP contribution in [0.4, 0.5) is 0 Å². The van der Waals surface area contributed by atoms with E-state index < -0.39 is 32.6 Å². The molecular formula is C21H23NO4S. The van der Waals surface area contributed by atoms with Crippen LogP contribution in [0.15, 0.2) is 53.4 Å². The van der Waals surface area contributed by atoms with E-state index in [-0.39, 0.29) is 4.90 Å². The summed E-state index contributed by atoms with van der Waals surface area (Å²) >= 11 is 0. The summed E-state index contributed by atoms with van der Waals surface area (Å²) in [7, 11) is -3.84. The van der Waals surface area contributed by atoms with E-state index in [4.69, 9.17) is 4.74 Å². The van der Waals surface area contributed by atoms with Gasteiger partial charge in [0.05, 0.1) is 4.90 Å². The summed E-state index contributed by atoms with van der Waals surface area (Å²) in [6, 6.07) is 14.2. The van der Waals surface area contributed by atoms with Crippen molar-refractivity contribution in [1.82, 2.24) is 5.32 Å². The number of nitrogens with one attached hydrogen (secondary N) is 1. The van der Waals surface area contributed by atoms with Crippen LogP contribution in [-0.4, -0.2) is 25.3 Å². The standard InChI is InChI=1S/C21H23NO4S/c1-13(2)14-8-10-15(11-9-14)27(24,25)19-17-12-21(3,22-20(19)23)26-18-7-5-4-6-16(17)18/h4-11,13,17,19H,12H2,1-3H3,(H,22,23)/t17-,19+,21-/m0/s1. The molecule has 27 heavy (non-hydrogen) atoms. The van der Waals surface area contributed by atoms with Gasteiger partial charge in [0.2, 0.25) is 5.91 Å². The highest BCUT2D eigenvalue weighted by molar-refractivity contribution is 7.92. The van der Waals surface area contributed by atoms with Crippen molar-refractivity contribution in [3.63, 3.8) is 0 Å². The van der Waals surface area contributed by atoms with Gasteiger partial charge < -0.3 is 10.1 Å². The Morgan fingerprint density at radius 3 is 2.44 bits per heavy atom. The van der Waals surface area contributed by atoms with E-state index in [0.29, 0.717) is 18.1 Å². The van der Waals surface area contributed by atoms with Crippen molar-refractivity contribution >= 4 is 15.7 Å². The van der Waals surface area contributed by atoms with Gasteiger partial charge in [-0.25, -0.2) is 8.42 Å². The molecule has 2 aromatic carbocycles. The Balaban J connectivity index is 1.79. The molecule has 0 unspecified atom stereocenters. The number of piperidine rings is 1. The number of carbonyl (C=O) groups is 1. The lowest BCUT2D eigenvalue weighted by Gasteiger charge is -2.46. The van der Waals surface area contributed by atoms with Crippen LogP contribution < -0.4 is 10.1 Å². The highest BCUT2D eigenvalue weighted by Gasteiger charge is 2.53. The van der Waals surface area contributed by atoms with Crippen LogP contribution in [0.5, 0.6) is 5.75 Å². The Kier molecular flexibility index (Phi) is 4.07. The van der Waals surface area contributed by atoms with E-state index in [9.17, 15) is 13.2 Å². The molecule has 1 amide bonds. The average molecular weight is 385 g/mol. The molecule has 2 bridgehead atoms. The Bertz CT molecular complexity index is 997. The fourth-order valence-electron chi connectivity index (χ4n) is 4.10. The van der Waals surface area contributed by atoms with Crippen molar-refractivity contribution in [2.45, 2.75) is 54.9 Å². The molecule has 0 aliphatic carbocycles. The van der Waals surface area contributed by atoms with Crippen LogP contribution in [0.2, 0.25) is 0 Å². The number of rotatable bonds is 3. The molecule has 2 aromatic rings. The molecule has 142 valence electrons. The highest BCUT2D eigenvalue weighted by atomic mass is 32.2. The molecule has 1 fully saturated rings. The van der Waals surface area contributed by atoms with Gasteiger partial charge >= 0.3 is 0 Å². The topological polar surface area (TPSA) is 72.5 Å². The third-order valence-corrected chi connectivity index (χ3v) is 7.62. The number of sulfone groups is 1. The molecule has 2 aliphatic rings. The number of amides is 1. The molecule has 5 nitrogen and oxygen atoms in total. The molecule has 3 atom stereocenters. The van der Waals surface area contributed by atoms with E-state index in [1.807, 2.05) is 36.4 Å². The summed E-state index contributed by atoms with van der Waals surface area (Å²) in [6.07, 6.45) is 0.420. The first-order chi connectivity index (χ1) is 12.7. The SMILES string of the molecule is CC(C)c1ccc(S(=O)(=O)[C@H]2C(=O)N[C@]3(C)C[C@H]2c2ccccc2O3)cc1. The average Bonchev–Trinajstić information content (AvgIpc) is 2.60. The summed E-state index contributed by atoms with van der Waals surface area (Å²) in [4.78, 5) is 13.0. The Morgan fingerprint density at radius 2 is 1.78 bits per heavy atom. The smallest absolute Gasteiger partial charge is 0.242 e. The predicted molar refractivity (Wildman–Crippen MR) is 102 cm³/mol. The molecule has 1 N–H and O–H groups in total. The van der Waals surface area contributed by atoms with Crippen LogP contribution >= 0.6 is 0 Å². The zero-order valence-corrected chi connectivity index (χ0v) is 16.4. The maximum absolute atomic E-state index is 13.4. The fourth-order valence-corrected chi connectivity index (χ4v) is 5.93. The second-order valence-corrected chi connectivity index (χ2v) is 9.93. The van der Waals surface area contributed by atoms with Gasteiger partial charge in [0.15, 0.2) is 20.8 Å². The first-order valence-electron chi connectivity index (χ1n) is 9.15. The molecule has 2 heterocycles. The molecule has 0 radical (unpaired) electrons. The second kappa shape index (κ2) is 6.09. The van der Waals surface area contributed by atoms with Gasteiger partial charge in [-0.05, 0) is 42.2 Å². The third-order valence-electron chi connectivity index (χ3n) is 5.48. The zero-order chi connectivity index (χ0) is 19.4. The van der Waals surface area contributed by atoms with Gasteiger partial charge in [0.25, 0.3) is 0 Å². The van der Waals surface area contributed by atoms with E-state index in [1.165, 1.54) is 0 Å². The third kappa shape index (κ3) is 2.92. The summed E-state index contributed by atoms with van der Waals surface area (Å²) < 4.78 is 32.7. The fraction of sp³-hybridized carbons (Fsp3) is 0.381.